The second-order valence-corrected chi connectivity index (χ2v) is 4.74. The van der Waals surface area contributed by atoms with Gasteiger partial charge in [-0.1, -0.05) is 31.2 Å². The topological polar surface area (TPSA) is 43.1 Å². The Balaban J connectivity index is 2.45. The molecule has 2 aromatic rings. The quantitative estimate of drug-likeness (QED) is 0.596. The Bertz CT molecular complexity index is 572. The van der Waals surface area contributed by atoms with Crippen LogP contribution in [0.3, 0.4) is 0 Å². The summed E-state index contributed by atoms with van der Waals surface area (Å²) in [5, 5.41) is 15.2. The van der Waals surface area contributed by atoms with Crippen LogP contribution in [0.4, 0.5) is 0 Å². The molecule has 0 spiro atoms. The van der Waals surface area contributed by atoms with Crippen molar-refractivity contribution in [2.75, 3.05) is 0 Å². The lowest BCUT2D eigenvalue weighted by Gasteiger charge is -1.96. The first-order valence-electron chi connectivity index (χ1n) is 5.53. The zero-order valence-electron chi connectivity index (χ0n) is 9.55. The van der Waals surface area contributed by atoms with Gasteiger partial charge in [0.15, 0.2) is 0 Å². The fraction of sp³-hybridized carbons (Fsp3) is 0.231. The van der Waals surface area contributed by atoms with Crippen LogP contribution in [0.2, 0.25) is 0 Å². The second kappa shape index (κ2) is 5.10. The van der Waals surface area contributed by atoms with Crippen LogP contribution in [0.25, 0.3) is 16.8 Å². The summed E-state index contributed by atoms with van der Waals surface area (Å²) in [6, 6.07) is 7.96. The van der Waals surface area contributed by atoms with Crippen molar-refractivity contribution in [3.8, 4) is 0 Å². The lowest BCUT2D eigenvalue weighted by molar-refractivity contribution is -0.426. The number of fused-ring (bicyclic) bond motifs is 1. The van der Waals surface area contributed by atoms with Crippen molar-refractivity contribution in [1.29, 1.82) is 0 Å². The minimum atomic E-state index is -0.280. The van der Waals surface area contributed by atoms with Crippen LogP contribution in [0.1, 0.15) is 24.6 Å². The van der Waals surface area contributed by atoms with E-state index in [2.05, 4.69) is 0 Å². The standard InChI is InChI=1S/C13H13NO2S/c1-2-5-11(14(15)16)8-13-12-7-4-3-6-10(12)9-17-13/h3-4,6-9H,2,5H2,1H3. The van der Waals surface area contributed by atoms with Gasteiger partial charge in [0.05, 0.1) is 4.92 Å². The fourth-order valence-electron chi connectivity index (χ4n) is 1.75. The molecule has 3 nitrogen and oxygen atoms in total. The molecule has 0 N–H and O–H groups in total. The summed E-state index contributed by atoms with van der Waals surface area (Å²) in [5.74, 6) is 0. The highest BCUT2D eigenvalue weighted by molar-refractivity contribution is 7.12. The number of hydrogen-bond donors (Lipinski definition) is 0. The molecule has 2 rings (SSSR count). The van der Waals surface area contributed by atoms with Gasteiger partial charge < -0.3 is 0 Å². The van der Waals surface area contributed by atoms with Crippen LogP contribution in [0.15, 0.2) is 35.3 Å². The molecule has 0 saturated carbocycles. The summed E-state index contributed by atoms with van der Waals surface area (Å²) in [6.45, 7) is 1.95. The third kappa shape index (κ3) is 2.53. The van der Waals surface area contributed by atoms with E-state index in [0.717, 1.165) is 22.1 Å². The van der Waals surface area contributed by atoms with Crippen molar-refractivity contribution in [3.05, 3.63) is 50.3 Å². The molecular weight excluding hydrogens is 234 g/mol. The summed E-state index contributed by atoms with van der Waals surface area (Å²) in [5.41, 5.74) is 0.292. The van der Waals surface area contributed by atoms with Crippen molar-refractivity contribution >= 4 is 28.2 Å². The Morgan fingerprint density at radius 1 is 1.47 bits per heavy atom. The first kappa shape index (κ1) is 11.8. The van der Waals surface area contributed by atoms with E-state index < -0.39 is 0 Å². The van der Waals surface area contributed by atoms with Gasteiger partial charge in [0.25, 0.3) is 0 Å². The lowest BCUT2D eigenvalue weighted by atomic mass is 10.1. The highest BCUT2D eigenvalue weighted by Crippen LogP contribution is 2.28. The summed E-state index contributed by atoms with van der Waals surface area (Å²) < 4.78 is 0. The van der Waals surface area contributed by atoms with Crippen molar-refractivity contribution in [3.63, 3.8) is 0 Å². The first-order chi connectivity index (χ1) is 8.22. The summed E-state index contributed by atoms with van der Waals surface area (Å²) >= 11 is 1.55. The highest BCUT2D eigenvalue weighted by Gasteiger charge is 2.11. The molecule has 17 heavy (non-hydrogen) atoms. The van der Waals surface area contributed by atoms with Crippen LogP contribution in [0.5, 0.6) is 0 Å². The van der Waals surface area contributed by atoms with E-state index in [9.17, 15) is 10.1 Å². The summed E-state index contributed by atoms with van der Waals surface area (Å²) in [7, 11) is 0. The molecule has 0 aliphatic carbocycles. The molecule has 1 heterocycles. The normalized spacial score (nSPS) is 11.9. The van der Waals surface area contributed by atoms with E-state index in [0.29, 0.717) is 12.1 Å². The molecule has 0 unspecified atom stereocenters. The van der Waals surface area contributed by atoms with Gasteiger partial charge in [0.1, 0.15) is 0 Å². The molecule has 0 atom stereocenters. The third-order valence-electron chi connectivity index (χ3n) is 2.58. The maximum atomic E-state index is 10.9. The number of nitrogens with zero attached hydrogens (tertiary/aromatic N) is 1. The Hall–Kier alpha value is -1.68. The van der Waals surface area contributed by atoms with Crippen LogP contribution < -0.4 is 0 Å². The maximum Gasteiger partial charge on any atom is 0.247 e. The number of hydrogen-bond acceptors (Lipinski definition) is 3. The van der Waals surface area contributed by atoms with Crippen molar-refractivity contribution in [2.45, 2.75) is 19.8 Å². The van der Waals surface area contributed by atoms with Crippen LogP contribution in [-0.4, -0.2) is 4.92 Å². The van der Waals surface area contributed by atoms with E-state index in [-0.39, 0.29) is 4.92 Å². The summed E-state index contributed by atoms with van der Waals surface area (Å²) in [6.07, 6.45) is 3.01. The Kier molecular flexibility index (Phi) is 3.54. The van der Waals surface area contributed by atoms with Crippen molar-refractivity contribution in [1.82, 2.24) is 0 Å². The van der Waals surface area contributed by atoms with Gasteiger partial charge in [-0.25, -0.2) is 0 Å². The third-order valence-corrected chi connectivity index (χ3v) is 3.54. The van der Waals surface area contributed by atoms with E-state index in [1.807, 2.05) is 36.6 Å². The predicted octanol–water partition coefficient (Wildman–Crippen LogP) is 4.32. The van der Waals surface area contributed by atoms with Crippen molar-refractivity contribution in [2.24, 2.45) is 0 Å². The molecule has 0 radical (unpaired) electrons. The molecule has 0 amide bonds. The number of allylic oxidation sites excluding steroid dienone is 1. The smallest absolute Gasteiger partial charge is 0.247 e. The van der Waals surface area contributed by atoms with Crippen LogP contribution >= 0.6 is 11.3 Å². The van der Waals surface area contributed by atoms with E-state index in [1.54, 1.807) is 17.4 Å². The van der Waals surface area contributed by atoms with Gasteiger partial charge in [0, 0.05) is 17.4 Å². The zero-order valence-corrected chi connectivity index (χ0v) is 10.4. The molecular formula is C13H13NO2S. The summed E-state index contributed by atoms with van der Waals surface area (Å²) in [4.78, 5) is 11.6. The van der Waals surface area contributed by atoms with Gasteiger partial charge in [-0.05, 0) is 22.6 Å². The van der Waals surface area contributed by atoms with Crippen LogP contribution in [0, 0.1) is 10.1 Å². The van der Waals surface area contributed by atoms with Gasteiger partial charge in [-0.2, -0.15) is 0 Å². The molecule has 0 saturated heterocycles. The van der Waals surface area contributed by atoms with E-state index in [1.165, 1.54) is 0 Å². The SMILES string of the molecule is CCCC(=Cc1scc2ccccc12)[N+](=O)[O-]. The number of nitro groups is 1. The first-order valence-corrected chi connectivity index (χ1v) is 6.41. The van der Waals surface area contributed by atoms with Gasteiger partial charge >= 0.3 is 0 Å². The fourth-order valence-corrected chi connectivity index (χ4v) is 2.73. The van der Waals surface area contributed by atoms with E-state index in [4.69, 9.17) is 0 Å². The number of rotatable bonds is 4. The molecule has 0 aliphatic rings. The second-order valence-electron chi connectivity index (χ2n) is 3.83. The van der Waals surface area contributed by atoms with E-state index >= 15 is 0 Å². The molecule has 0 aliphatic heterocycles. The Morgan fingerprint density at radius 2 is 2.24 bits per heavy atom. The minimum Gasteiger partial charge on any atom is -0.259 e. The average Bonchev–Trinajstić information content (AvgIpc) is 2.72. The van der Waals surface area contributed by atoms with Gasteiger partial charge in [-0.15, -0.1) is 11.3 Å². The lowest BCUT2D eigenvalue weighted by Crippen LogP contribution is -1.97. The van der Waals surface area contributed by atoms with Crippen LogP contribution in [-0.2, 0) is 0 Å². The molecule has 1 aromatic carbocycles. The molecule has 88 valence electrons. The Labute approximate surface area is 104 Å². The number of thiophene rings is 1. The highest BCUT2D eigenvalue weighted by atomic mass is 32.1. The maximum absolute atomic E-state index is 10.9. The zero-order chi connectivity index (χ0) is 12.3. The number of benzene rings is 1. The van der Waals surface area contributed by atoms with Crippen molar-refractivity contribution < 1.29 is 4.92 Å². The Morgan fingerprint density at radius 3 is 2.94 bits per heavy atom. The average molecular weight is 247 g/mol. The molecule has 0 bridgehead atoms. The van der Waals surface area contributed by atoms with Gasteiger partial charge in [-0.3, -0.25) is 10.1 Å². The predicted molar refractivity (Wildman–Crippen MR) is 71.7 cm³/mol. The monoisotopic (exact) mass is 247 g/mol. The van der Waals surface area contributed by atoms with Gasteiger partial charge in [0.2, 0.25) is 5.70 Å². The minimum absolute atomic E-state index is 0.280. The largest absolute Gasteiger partial charge is 0.259 e. The molecule has 4 heteroatoms. The molecule has 0 fully saturated rings. The molecule has 1 aromatic heterocycles.